The van der Waals surface area contributed by atoms with Crippen LogP contribution in [-0.4, -0.2) is 7.05 Å². The van der Waals surface area contributed by atoms with Crippen LogP contribution in [-0.2, 0) is 0 Å². The number of nitrogens with one attached hydrogen (secondary N) is 1. The molecule has 0 bridgehead atoms. The smallest absolute Gasteiger partial charge is 0.0492 e. The lowest BCUT2D eigenvalue weighted by molar-refractivity contribution is 1.49. The zero-order chi connectivity index (χ0) is 12.4. The maximum absolute atomic E-state index is 6.17. The monoisotopic (exact) mass is 284 g/mol. The maximum atomic E-state index is 6.17. The van der Waals surface area contributed by atoms with E-state index in [1.54, 1.807) is 18.2 Å². The summed E-state index contributed by atoms with van der Waals surface area (Å²) in [6.07, 6.45) is 0. The van der Waals surface area contributed by atoms with Gasteiger partial charge in [0.1, 0.15) is 0 Å². The molecule has 0 aliphatic rings. The molecule has 4 heteroatoms. The Morgan fingerprint density at radius 3 is 2.53 bits per heavy atom. The van der Waals surface area contributed by atoms with Gasteiger partial charge in [-0.3, -0.25) is 0 Å². The Kier molecular flexibility index (Phi) is 3.82. The van der Waals surface area contributed by atoms with Gasteiger partial charge in [0.25, 0.3) is 0 Å². The molecule has 0 aromatic heterocycles. The van der Waals surface area contributed by atoms with Crippen molar-refractivity contribution in [3.8, 4) is 11.1 Å². The largest absolute Gasteiger partial charge is 0.388 e. The summed E-state index contributed by atoms with van der Waals surface area (Å²) in [6, 6.07) is 11.9. The van der Waals surface area contributed by atoms with E-state index in [1.807, 2.05) is 19.2 Å². The van der Waals surface area contributed by atoms with Crippen LogP contribution in [0.2, 0.25) is 15.1 Å². The summed E-state index contributed by atoms with van der Waals surface area (Å²) >= 11 is 18.1. The third-order valence-corrected chi connectivity index (χ3v) is 3.19. The normalized spacial score (nSPS) is 10.4. The van der Waals surface area contributed by atoms with Crippen molar-refractivity contribution in [2.75, 3.05) is 12.4 Å². The molecule has 0 saturated heterocycles. The van der Waals surface area contributed by atoms with Crippen molar-refractivity contribution in [1.29, 1.82) is 0 Å². The van der Waals surface area contributed by atoms with E-state index in [2.05, 4.69) is 11.4 Å². The molecular weight excluding hydrogens is 277 g/mol. The molecule has 0 aliphatic heterocycles. The number of halogens is 3. The van der Waals surface area contributed by atoms with Crippen LogP contribution in [0.1, 0.15) is 0 Å². The van der Waals surface area contributed by atoms with Gasteiger partial charge in [-0.15, -0.1) is 0 Å². The molecule has 0 heterocycles. The summed E-state index contributed by atoms with van der Waals surface area (Å²) in [7, 11) is 1.83. The minimum absolute atomic E-state index is 0.537. The molecule has 0 aliphatic carbocycles. The van der Waals surface area contributed by atoms with Crippen LogP contribution in [0.3, 0.4) is 0 Å². The summed E-state index contributed by atoms with van der Waals surface area (Å²) in [4.78, 5) is 0. The molecule has 2 aromatic carbocycles. The van der Waals surface area contributed by atoms with E-state index in [0.29, 0.717) is 15.1 Å². The third kappa shape index (κ3) is 2.68. The lowest BCUT2D eigenvalue weighted by Gasteiger charge is -2.11. The Bertz CT molecular complexity index is 552. The summed E-state index contributed by atoms with van der Waals surface area (Å²) in [5.74, 6) is 0. The number of benzene rings is 2. The van der Waals surface area contributed by atoms with Gasteiger partial charge in [0.15, 0.2) is 0 Å². The zero-order valence-corrected chi connectivity index (χ0v) is 11.3. The number of rotatable bonds is 2. The first-order chi connectivity index (χ1) is 8.11. The fourth-order valence-electron chi connectivity index (χ4n) is 1.60. The maximum Gasteiger partial charge on any atom is 0.0492 e. The van der Waals surface area contributed by atoms with Gasteiger partial charge in [-0.1, -0.05) is 34.8 Å². The van der Waals surface area contributed by atoms with Gasteiger partial charge < -0.3 is 5.32 Å². The highest BCUT2D eigenvalue weighted by atomic mass is 35.5. The van der Waals surface area contributed by atoms with Crippen LogP contribution in [0, 0.1) is 6.07 Å². The standard InChI is InChI=1S/C13H9Cl3N/c1-17-13-5-3-9(15)7-11(13)10-6-8(14)2-4-12(10)16/h2,4-7,17H,1H3. The van der Waals surface area contributed by atoms with Crippen molar-refractivity contribution in [3.05, 3.63) is 51.5 Å². The van der Waals surface area contributed by atoms with Crippen molar-refractivity contribution < 1.29 is 0 Å². The molecule has 0 amide bonds. The van der Waals surface area contributed by atoms with Gasteiger partial charge in [-0.2, -0.15) is 0 Å². The second-order valence-electron chi connectivity index (χ2n) is 3.48. The van der Waals surface area contributed by atoms with E-state index in [4.69, 9.17) is 34.8 Å². The van der Waals surface area contributed by atoms with E-state index < -0.39 is 0 Å². The van der Waals surface area contributed by atoms with Crippen molar-refractivity contribution in [1.82, 2.24) is 0 Å². The van der Waals surface area contributed by atoms with Gasteiger partial charge >= 0.3 is 0 Å². The minimum atomic E-state index is 0.537. The first-order valence-electron chi connectivity index (χ1n) is 4.96. The fraction of sp³-hybridized carbons (Fsp3) is 0.0769. The number of hydrogen-bond acceptors (Lipinski definition) is 1. The van der Waals surface area contributed by atoms with Crippen molar-refractivity contribution in [2.24, 2.45) is 0 Å². The van der Waals surface area contributed by atoms with E-state index in [9.17, 15) is 0 Å². The molecule has 1 N–H and O–H groups in total. The quantitative estimate of drug-likeness (QED) is 0.804. The Hall–Kier alpha value is -0.890. The topological polar surface area (TPSA) is 12.0 Å². The van der Waals surface area contributed by atoms with Crippen LogP contribution < -0.4 is 5.32 Å². The molecule has 2 aromatic rings. The summed E-state index contributed by atoms with van der Waals surface area (Å²) in [6.45, 7) is 0. The summed E-state index contributed by atoms with van der Waals surface area (Å²) in [5, 5.41) is 4.88. The molecule has 0 atom stereocenters. The molecule has 0 unspecified atom stereocenters. The van der Waals surface area contributed by atoms with E-state index in [1.165, 1.54) is 0 Å². The summed E-state index contributed by atoms with van der Waals surface area (Å²) < 4.78 is 0. The van der Waals surface area contributed by atoms with Crippen LogP contribution in [0.5, 0.6) is 0 Å². The average Bonchev–Trinajstić information content (AvgIpc) is 2.32. The lowest BCUT2D eigenvalue weighted by atomic mass is 10.0. The molecule has 17 heavy (non-hydrogen) atoms. The first-order valence-corrected chi connectivity index (χ1v) is 6.09. The van der Waals surface area contributed by atoms with Crippen molar-refractivity contribution in [3.63, 3.8) is 0 Å². The van der Waals surface area contributed by atoms with Crippen LogP contribution in [0.4, 0.5) is 5.69 Å². The van der Waals surface area contributed by atoms with Gasteiger partial charge in [-0.25, -0.2) is 0 Å². The SMILES string of the molecule is CNc1c[c]c(Cl)cc1-c1cc(Cl)ccc1Cl. The fourth-order valence-corrected chi connectivity index (χ4v) is 2.15. The van der Waals surface area contributed by atoms with Crippen molar-refractivity contribution in [2.45, 2.75) is 0 Å². The molecule has 0 saturated carbocycles. The number of hydrogen-bond donors (Lipinski definition) is 1. The lowest BCUT2D eigenvalue weighted by Crippen LogP contribution is -1.92. The van der Waals surface area contributed by atoms with Crippen molar-refractivity contribution >= 4 is 40.5 Å². The third-order valence-electron chi connectivity index (χ3n) is 2.40. The highest BCUT2D eigenvalue weighted by Crippen LogP contribution is 2.36. The second-order valence-corrected chi connectivity index (χ2v) is 4.73. The van der Waals surface area contributed by atoms with Gasteiger partial charge in [0, 0.05) is 45.0 Å². The predicted octanol–water partition coefficient (Wildman–Crippen LogP) is 5.16. The van der Waals surface area contributed by atoms with E-state index in [0.717, 1.165) is 16.8 Å². The molecule has 1 nitrogen and oxygen atoms in total. The Labute approximate surface area is 115 Å². The van der Waals surface area contributed by atoms with Crippen LogP contribution >= 0.6 is 34.8 Å². The first kappa shape index (κ1) is 12.6. The molecule has 2 rings (SSSR count). The molecule has 0 fully saturated rings. The van der Waals surface area contributed by atoms with Gasteiger partial charge in [0.05, 0.1) is 0 Å². The van der Waals surface area contributed by atoms with Gasteiger partial charge in [-0.05, 0) is 30.3 Å². The molecular formula is C13H9Cl3N. The van der Waals surface area contributed by atoms with Crippen LogP contribution in [0.15, 0.2) is 30.3 Å². The highest BCUT2D eigenvalue weighted by molar-refractivity contribution is 6.36. The Balaban J connectivity index is 2.66. The minimum Gasteiger partial charge on any atom is -0.388 e. The second kappa shape index (κ2) is 5.18. The van der Waals surface area contributed by atoms with Crippen LogP contribution in [0.25, 0.3) is 11.1 Å². The molecule has 1 radical (unpaired) electrons. The highest BCUT2D eigenvalue weighted by Gasteiger charge is 2.09. The Morgan fingerprint density at radius 1 is 1.06 bits per heavy atom. The van der Waals surface area contributed by atoms with E-state index in [-0.39, 0.29) is 0 Å². The average molecular weight is 286 g/mol. The summed E-state index contributed by atoms with van der Waals surface area (Å²) in [5.41, 5.74) is 2.65. The molecule has 0 spiro atoms. The van der Waals surface area contributed by atoms with E-state index >= 15 is 0 Å². The number of anilines is 1. The Morgan fingerprint density at radius 2 is 1.82 bits per heavy atom. The van der Waals surface area contributed by atoms with Gasteiger partial charge in [0.2, 0.25) is 0 Å². The molecule has 87 valence electrons. The zero-order valence-electron chi connectivity index (χ0n) is 9.02. The predicted molar refractivity (Wildman–Crippen MR) is 75.3 cm³/mol.